The van der Waals surface area contributed by atoms with Gasteiger partial charge in [-0.2, -0.15) is 0 Å². The van der Waals surface area contributed by atoms with Gasteiger partial charge in [0.1, 0.15) is 5.01 Å². The minimum atomic E-state index is -0.573. The SMILES string of the molecule is Cc1ccccc1NC(C(N)=O)c1nccs1. The molecule has 1 unspecified atom stereocenters. The van der Waals surface area contributed by atoms with Gasteiger partial charge >= 0.3 is 0 Å². The number of carbonyl (C=O) groups excluding carboxylic acids is 1. The zero-order valence-electron chi connectivity index (χ0n) is 9.38. The summed E-state index contributed by atoms with van der Waals surface area (Å²) in [5, 5.41) is 5.63. The van der Waals surface area contributed by atoms with E-state index in [0.717, 1.165) is 11.3 Å². The van der Waals surface area contributed by atoms with Crippen LogP contribution in [0, 0.1) is 6.92 Å². The second kappa shape index (κ2) is 4.97. The van der Waals surface area contributed by atoms with Crippen LogP contribution in [-0.4, -0.2) is 10.9 Å². The van der Waals surface area contributed by atoms with Crippen LogP contribution in [0.4, 0.5) is 5.69 Å². The Hall–Kier alpha value is -1.88. The van der Waals surface area contributed by atoms with Crippen molar-refractivity contribution >= 4 is 22.9 Å². The minimum absolute atomic E-state index is 0.428. The number of aryl methyl sites for hydroxylation is 1. The van der Waals surface area contributed by atoms with Gasteiger partial charge < -0.3 is 11.1 Å². The third-order valence-corrected chi connectivity index (χ3v) is 3.27. The Morgan fingerprint density at radius 2 is 2.24 bits per heavy atom. The number of hydrogen-bond donors (Lipinski definition) is 2. The lowest BCUT2D eigenvalue weighted by Crippen LogP contribution is -2.27. The molecule has 0 fully saturated rings. The number of primary amides is 1. The molecular formula is C12H13N3OS. The fourth-order valence-electron chi connectivity index (χ4n) is 1.52. The number of aromatic nitrogens is 1. The van der Waals surface area contributed by atoms with Gasteiger partial charge in [-0.15, -0.1) is 11.3 Å². The van der Waals surface area contributed by atoms with Crippen molar-refractivity contribution < 1.29 is 4.79 Å². The van der Waals surface area contributed by atoms with Crippen LogP contribution in [0.1, 0.15) is 16.6 Å². The van der Waals surface area contributed by atoms with Crippen molar-refractivity contribution in [1.29, 1.82) is 0 Å². The van der Waals surface area contributed by atoms with E-state index < -0.39 is 11.9 Å². The molecule has 4 nitrogen and oxygen atoms in total. The molecule has 0 spiro atoms. The molecule has 2 rings (SSSR count). The third kappa shape index (κ3) is 2.62. The number of carbonyl (C=O) groups is 1. The normalized spacial score (nSPS) is 12.1. The molecule has 0 aliphatic heterocycles. The molecule has 0 saturated carbocycles. The Kier molecular flexibility index (Phi) is 3.39. The first-order chi connectivity index (χ1) is 8.18. The number of para-hydroxylation sites is 1. The number of nitrogens with two attached hydrogens (primary N) is 1. The number of thiazole rings is 1. The lowest BCUT2D eigenvalue weighted by molar-refractivity contribution is -0.118. The highest BCUT2D eigenvalue weighted by atomic mass is 32.1. The molecule has 0 radical (unpaired) electrons. The standard InChI is InChI=1S/C12H13N3OS/c1-8-4-2-3-5-9(8)15-10(11(13)16)12-14-6-7-17-12/h2-7,10,15H,1H3,(H2,13,16). The largest absolute Gasteiger partial charge is 0.368 e. The molecule has 1 heterocycles. The first-order valence-electron chi connectivity index (χ1n) is 5.19. The number of amides is 1. The molecule has 0 saturated heterocycles. The summed E-state index contributed by atoms with van der Waals surface area (Å²) in [7, 11) is 0. The zero-order valence-corrected chi connectivity index (χ0v) is 10.2. The van der Waals surface area contributed by atoms with Gasteiger partial charge in [-0.3, -0.25) is 4.79 Å². The van der Waals surface area contributed by atoms with Crippen LogP contribution < -0.4 is 11.1 Å². The number of nitrogens with zero attached hydrogens (tertiary/aromatic N) is 1. The summed E-state index contributed by atoms with van der Waals surface area (Å²) >= 11 is 1.41. The van der Waals surface area contributed by atoms with Crippen LogP contribution in [0.3, 0.4) is 0 Å². The van der Waals surface area contributed by atoms with E-state index in [4.69, 9.17) is 5.73 Å². The summed E-state index contributed by atoms with van der Waals surface area (Å²) in [6.07, 6.45) is 1.66. The van der Waals surface area contributed by atoms with Gasteiger partial charge in [0.15, 0.2) is 6.04 Å². The predicted molar refractivity (Wildman–Crippen MR) is 68.9 cm³/mol. The van der Waals surface area contributed by atoms with Crippen molar-refractivity contribution in [2.75, 3.05) is 5.32 Å². The van der Waals surface area contributed by atoms with Crippen molar-refractivity contribution in [2.24, 2.45) is 5.73 Å². The van der Waals surface area contributed by atoms with Gasteiger partial charge in [-0.1, -0.05) is 18.2 Å². The zero-order chi connectivity index (χ0) is 12.3. The quantitative estimate of drug-likeness (QED) is 0.869. The van der Waals surface area contributed by atoms with Crippen molar-refractivity contribution in [3.63, 3.8) is 0 Å². The summed E-state index contributed by atoms with van der Waals surface area (Å²) in [6.45, 7) is 1.97. The van der Waals surface area contributed by atoms with Gasteiger partial charge in [0.2, 0.25) is 5.91 Å². The molecule has 2 aromatic rings. The van der Waals surface area contributed by atoms with Crippen LogP contribution in [-0.2, 0) is 4.79 Å². The molecule has 5 heteroatoms. The predicted octanol–water partition coefficient (Wildman–Crippen LogP) is 2.09. The van der Waals surface area contributed by atoms with Gasteiger partial charge in [0.05, 0.1) is 0 Å². The second-order valence-corrected chi connectivity index (χ2v) is 4.59. The monoisotopic (exact) mass is 247 g/mol. The summed E-state index contributed by atoms with van der Waals surface area (Å²) < 4.78 is 0. The van der Waals surface area contributed by atoms with Crippen LogP contribution in [0.5, 0.6) is 0 Å². The second-order valence-electron chi connectivity index (χ2n) is 3.66. The Labute approximate surface area is 103 Å². The number of anilines is 1. The molecule has 0 aliphatic rings. The van der Waals surface area contributed by atoms with E-state index in [9.17, 15) is 4.79 Å². The smallest absolute Gasteiger partial charge is 0.247 e. The van der Waals surface area contributed by atoms with Crippen molar-refractivity contribution in [3.05, 3.63) is 46.4 Å². The van der Waals surface area contributed by atoms with Crippen LogP contribution >= 0.6 is 11.3 Å². The minimum Gasteiger partial charge on any atom is -0.368 e. The number of nitrogens with one attached hydrogen (secondary N) is 1. The van der Waals surface area contributed by atoms with E-state index in [2.05, 4.69) is 10.3 Å². The maximum Gasteiger partial charge on any atom is 0.247 e. The molecule has 1 atom stereocenters. The Morgan fingerprint density at radius 3 is 2.82 bits per heavy atom. The molecule has 1 aromatic carbocycles. The first kappa shape index (κ1) is 11.6. The maximum absolute atomic E-state index is 11.4. The van der Waals surface area contributed by atoms with Crippen LogP contribution in [0.15, 0.2) is 35.8 Å². The Morgan fingerprint density at radius 1 is 1.47 bits per heavy atom. The molecule has 1 aromatic heterocycles. The van der Waals surface area contributed by atoms with Gasteiger partial charge in [-0.05, 0) is 18.6 Å². The molecule has 0 aliphatic carbocycles. The fraction of sp³-hybridized carbons (Fsp3) is 0.167. The molecule has 3 N–H and O–H groups in total. The van der Waals surface area contributed by atoms with E-state index in [1.54, 1.807) is 6.20 Å². The summed E-state index contributed by atoms with van der Waals surface area (Å²) in [4.78, 5) is 15.6. The number of hydrogen-bond acceptors (Lipinski definition) is 4. The van der Waals surface area contributed by atoms with Crippen LogP contribution in [0.25, 0.3) is 0 Å². The maximum atomic E-state index is 11.4. The topological polar surface area (TPSA) is 68.0 Å². The van der Waals surface area contributed by atoms with Gasteiger partial charge in [0.25, 0.3) is 0 Å². The lowest BCUT2D eigenvalue weighted by Gasteiger charge is -2.15. The fourth-order valence-corrected chi connectivity index (χ4v) is 2.22. The highest BCUT2D eigenvalue weighted by Crippen LogP contribution is 2.23. The number of benzene rings is 1. The van der Waals surface area contributed by atoms with E-state index in [1.807, 2.05) is 36.6 Å². The summed E-state index contributed by atoms with van der Waals surface area (Å²) in [6, 6.07) is 7.18. The molecule has 0 bridgehead atoms. The Balaban J connectivity index is 2.26. The van der Waals surface area contributed by atoms with Gasteiger partial charge in [0, 0.05) is 17.3 Å². The average molecular weight is 247 g/mol. The molecule has 17 heavy (non-hydrogen) atoms. The van der Waals surface area contributed by atoms with Crippen molar-refractivity contribution in [1.82, 2.24) is 4.98 Å². The van der Waals surface area contributed by atoms with Gasteiger partial charge in [-0.25, -0.2) is 4.98 Å². The third-order valence-electron chi connectivity index (χ3n) is 2.43. The summed E-state index contributed by atoms with van der Waals surface area (Å²) in [5.41, 5.74) is 7.35. The van der Waals surface area contributed by atoms with E-state index >= 15 is 0 Å². The molecule has 1 amide bonds. The van der Waals surface area contributed by atoms with E-state index in [0.29, 0.717) is 5.01 Å². The highest BCUT2D eigenvalue weighted by molar-refractivity contribution is 7.09. The summed E-state index contributed by atoms with van der Waals surface area (Å²) in [5.74, 6) is -0.428. The lowest BCUT2D eigenvalue weighted by atomic mass is 10.2. The van der Waals surface area contributed by atoms with E-state index in [1.165, 1.54) is 11.3 Å². The van der Waals surface area contributed by atoms with Crippen LogP contribution in [0.2, 0.25) is 0 Å². The number of rotatable bonds is 4. The van der Waals surface area contributed by atoms with Crippen molar-refractivity contribution in [2.45, 2.75) is 13.0 Å². The van der Waals surface area contributed by atoms with E-state index in [-0.39, 0.29) is 0 Å². The first-order valence-corrected chi connectivity index (χ1v) is 6.07. The molecule has 88 valence electrons. The average Bonchev–Trinajstić information content (AvgIpc) is 2.81. The molecular weight excluding hydrogens is 234 g/mol. The van der Waals surface area contributed by atoms with Crippen molar-refractivity contribution in [3.8, 4) is 0 Å². The highest BCUT2D eigenvalue weighted by Gasteiger charge is 2.20. The Bertz CT molecular complexity index is 510.